The van der Waals surface area contributed by atoms with Gasteiger partial charge in [0.15, 0.2) is 0 Å². The predicted octanol–water partition coefficient (Wildman–Crippen LogP) is 2.35. The number of rotatable bonds is 5. The average Bonchev–Trinajstić information content (AvgIpc) is 2.44. The lowest BCUT2D eigenvalue weighted by molar-refractivity contribution is -0.136. The van der Waals surface area contributed by atoms with Crippen molar-refractivity contribution < 1.29 is 4.79 Å². The van der Waals surface area contributed by atoms with Gasteiger partial charge in [-0.25, -0.2) is 0 Å². The first-order valence-corrected chi connectivity index (χ1v) is 7.35. The first-order chi connectivity index (χ1) is 9.26. The average molecular weight is 260 g/mol. The first-order valence-electron chi connectivity index (χ1n) is 7.35. The fourth-order valence-electron chi connectivity index (χ4n) is 2.80. The van der Waals surface area contributed by atoms with E-state index < -0.39 is 0 Å². The second-order valence-corrected chi connectivity index (χ2v) is 5.13. The fraction of sp³-hybridized carbons (Fsp3) is 0.562. The number of hydrogen-bond donors (Lipinski definition) is 1. The van der Waals surface area contributed by atoms with Crippen LogP contribution in [0, 0.1) is 0 Å². The Kier molecular flexibility index (Phi) is 4.97. The summed E-state index contributed by atoms with van der Waals surface area (Å²) in [6.07, 6.45) is 3.09. The third kappa shape index (κ3) is 3.35. The highest BCUT2D eigenvalue weighted by molar-refractivity contribution is 5.82. The van der Waals surface area contributed by atoms with Crippen LogP contribution < -0.4 is 5.32 Å². The molecule has 104 valence electrons. The zero-order valence-electron chi connectivity index (χ0n) is 12.0. The van der Waals surface area contributed by atoms with Crippen LogP contribution in [0.15, 0.2) is 24.3 Å². The number of likely N-dealkylation sites (N-methyl/N-ethyl adjacent to an activating group) is 1. The minimum absolute atomic E-state index is 0.0209. The van der Waals surface area contributed by atoms with Crippen molar-refractivity contribution in [3.05, 3.63) is 35.4 Å². The van der Waals surface area contributed by atoms with Gasteiger partial charge in [0.2, 0.25) is 5.91 Å². The third-order valence-electron chi connectivity index (χ3n) is 3.84. The molecule has 0 radical (unpaired) electrons. The molecule has 1 fully saturated rings. The standard InChI is InChI=1S/C16H24N2O/c1-3-13-8-5-6-9-14(13)12-18-11-7-10-15(16(18)19)17-4-2/h5-6,8-9,15,17H,3-4,7,10-12H2,1-2H3. The molecule has 1 atom stereocenters. The zero-order chi connectivity index (χ0) is 13.7. The van der Waals surface area contributed by atoms with E-state index in [1.807, 2.05) is 4.90 Å². The van der Waals surface area contributed by atoms with E-state index in [2.05, 4.69) is 43.4 Å². The van der Waals surface area contributed by atoms with Crippen LogP contribution in [-0.4, -0.2) is 29.9 Å². The van der Waals surface area contributed by atoms with Gasteiger partial charge in [-0.3, -0.25) is 4.79 Å². The number of nitrogens with zero attached hydrogens (tertiary/aromatic N) is 1. The summed E-state index contributed by atoms with van der Waals surface area (Å²) in [7, 11) is 0. The number of carbonyl (C=O) groups excluding carboxylic acids is 1. The Bertz CT molecular complexity index is 429. The molecule has 1 unspecified atom stereocenters. The molecule has 1 aliphatic heterocycles. The molecule has 2 rings (SSSR count). The minimum atomic E-state index is 0.0209. The monoisotopic (exact) mass is 260 g/mol. The van der Waals surface area contributed by atoms with Gasteiger partial charge in [0.1, 0.15) is 0 Å². The Morgan fingerprint density at radius 2 is 2.00 bits per heavy atom. The maximum Gasteiger partial charge on any atom is 0.240 e. The number of carbonyl (C=O) groups is 1. The fourth-order valence-corrected chi connectivity index (χ4v) is 2.80. The number of hydrogen-bond acceptors (Lipinski definition) is 2. The molecule has 3 heteroatoms. The summed E-state index contributed by atoms with van der Waals surface area (Å²) in [5.41, 5.74) is 2.64. The Balaban J connectivity index is 2.07. The maximum absolute atomic E-state index is 12.4. The summed E-state index contributed by atoms with van der Waals surface area (Å²) in [6.45, 7) is 6.72. The van der Waals surface area contributed by atoms with Crippen LogP contribution >= 0.6 is 0 Å². The van der Waals surface area contributed by atoms with E-state index in [0.29, 0.717) is 0 Å². The number of amides is 1. The molecule has 0 aliphatic carbocycles. The van der Waals surface area contributed by atoms with Gasteiger partial charge < -0.3 is 10.2 Å². The van der Waals surface area contributed by atoms with Crippen molar-refractivity contribution in [2.75, 3.05) is 13.1 Å². The predicted molar refractivity (Wildman–Crippen MR) is 77.9 cm³/mol. The van der Waals surface area contributed by atoms with Gasteiger partial charge in [0.05, 0.1) is 6.04 Å². The summed E-state index contributed by atoms with van der Waals surface area (Å²) < 4.78 is 0. The van der Waals surface area contributed by atoms with Crippen molar-refractivity contribution >= 4 is 5.91 Å². The van der Waals surface area contributed by atoms with Crippen molar-refractivity contribution in [3.8, 4) is 0 Å². The first kappa shape index (κ1) is 14.1. The Morgan fingerprint density at radius 3 is 2.68 bits per heavy atom. The van der Waals surface area contributed by atoms with Crippen molar-refractivity contribution in [1.29, 1.82) is 0 Å². The van der Waals surface area contributed by atoms with E-state index in [0.717, 1.165) is 38.9 Å². The molecule has 0 aromatic heterocycles. The zero-order valence-corrected chi connectivity index (χ0v) is 12.0. The van der Waals surface area contributed by atoms with Crippen molar-refractivity contribution in [2.24, 2.45) is 0 Å². The number of piperidine rings is 1. The minimum Gasteiger partial charge on any atom is -0.337 e. The van der Waals surface area contributed by atoms with E-state index >= 15 is 0 Å². The maximum atomic E-state index is 12.4. The number of aryl methyl sites for hydroxylation is 1. The van der Waals surface area contributed by atoms with Crippen LogP contribution in [0.2, 0.25) is 0 Å². The van der Waals surface area contributed by atoms with Gasteiger partial charge in [-0.1, -0.05) is 38.1 Å². The molecule has 3 nitrogen and oxygen atoms in total. The topological polar surface area (TPSA) is 32.3 Å². The second kappa shape index (κ2) is 6.71. The molecule has 1 aliphatic rings. The lowest BCUT2D eigenvalue weighted by Gasteiger charge is -2.33. The molecule has 1 saturated heterocycles. The van der Waals surface area contributed by atoms with E-state index in [1.54, 1.807) is 0 Å². The van der Waals surface area contributed by atoms with Crippen molar-refractivity contribution in [2.45, 2.75) is 45.7 Å². The Labute approximate surface area is 116 Å². The van der Waals surface area contributed by atoms with Crippen molar-refractivity contribution in [3.63, 3.8) is 0 Å². The summed E-state index contributed by atoms with van der Waals surface area (Å²) in [6, 6.07) is 8.45. The van der Waals surface area contributed by atoms with Crippen LogP contribution in [0.25, 0.3) is 0 Å². The molecule has 1 heterocycles. The van der Waals surface area contributed by atoms with Crippen LogP contribution in [0.4, 0.5) is 0 Å². The van der Waals surface area contributed by atoms with E-state index in [4.69, 9.17) is 0 Å². The molecular formula is C16H24N2O. The largest absolute Gasteiger partial charge is 0.337 e. The van der Waals surface area contributed by atoms with Crippen molar-refractivity contribution in [1.82, 2.24) is 10.2 Å². The molecule has 0 spiro atoms. The van der Waals surface area contributed by atoms with Crippen LogP contribution in [0.3, 0.4) is 0 Å². The lowest BCUT2D eigenvalue weighted by atomic mass is 10.0. The third-order valence-corrected chi connectivity index (χ3v) is 3.84. The molecule has 0 saturated carbocycles. The summed E-state index contributed by atoms with van der Waals surface area (Å²) in [5.74, 6) is 0.263. The summed E-state index contributed by atoms with van der Waals surface area (Å²) >= 11 is 0. The molecule has 1 aromatic carbocycles. The summed E-state index contributed by atoms with van der Waals surface area (Å²) in [4.78, 5) is 14.4. The summed E-state index contributed by atoms with van der Waals surface area (Å²) in [5, 5.41) is 3.29. The number of likely N-dealkylation sites (tertiary alicyclic amines) is 1. The van der Waals surface area contributed by atoms with E-state index in [-0.39, 0.29) is 11.9 Å². The molecule has 19 heavy (non-hydrogen) atoms. The normalized spacial score (nSPS) is 19.8. The highest BCUT2D eigenvalue weighted by Gasteiger charge is 2.27. The quantitative estimate of drug-likeness (QED) is 0.881. The highest BCUT2D eigenvalue weighted by Crippen LogP contribution is 2.18. The van der Waals surface area contributed by atoms with Gasteiger partial charge >= 0.3 is 0 Å². The van der Waals surface area contributed by atoms with Gasteiger partial charge in [-0.05, 0) is 36.9 Å². The van der Waals surface area contributed by atoms with Gasteiger partial charge in [0, 0.05) is 13.1 Å². The van der Waals surface area contributed by atoms with Gasteiger partial charge in [-0.15, -0.1) is 0 Å². The van der Waals surface area contributed by atoms with Gasteiger partial charge in [0.25, 0.3) is 0 Å². The van der Waals surface area contributed by atoms with Gasteiger partial charge in [-0.2, -0.15) is 0 Å². The molecular weight excluding hydrogens is 236 g/mol. The number of benzene rings is 1. The molecule has 1 aromatic rings. The SMILES string of the molecule is CCNC1CCCN(Cc2ccccc2CC)C1=O. The molecule has 1 N–H and O–H groups in total. The number of nitrogens with one attached hydrogen (secondary N) is 1. The lowest BCUT2D eigenvalue weighted by Crippen LogP contribution is -2.50. The second-order valence-electron chi connectivity index (χ2n) is 5.13. The van der Waals surface area contributed by atoms with E-state index in [1.165, 1.54) is 11.1 Å². The molecule has 0 bridgehead atoms. The Hall–Kier alpha value is -1.35. The Morgan fingerprint density at radius 1 is 1.26 bits per heavy atom. The van der Waals surface area contributed by atoms with Crippen LogP contribution in [0.5, 0.6) is 0 Å². The van der Waals surface area contributed by atoms with Crippen LogP contribution in [-0.2, 0) is 17.8 Å². The smallest absolute Gasteiger partial charge is 0.240 e. The highest BCUT2D eigenvalue weighted by atomic mass is 16.2. The molecule has 1 amide bonds. The van der Waals surface area contributed by atoms with Crippen LogP contribution in [0.1, 0.15) is 37.8 Å². The van der Waals surface area contributed by atoms with E-state index in [9.17, 15) is 4.79 Å².